The molecule has 3 nitrogen and oxygen atoms in total. The normalized spacial score (nSPS) is 11.1. The number of aryl methyl sites for hydroxylation is 1. The molecule has 0 bridgehead atoms. The predicted octanol–water partition coefficient (Wildman–Crippen LogP) is 3.13. The fourth-order valence-electron chi connectivity index (χ4n) is 2.13. The van der Waals surface area contributed by atoms with Gasteiger partial charge in [-0.15, -0.1) is 0 Å². The van der Waals surface area contributed by atoms with Crippen LogP contribution in [0.5, 0.6) is 0 Å². The second kappa shape index (κ2) is 5.48. The van der Waals surface area contributed by atoms with Crippen LogP contribution in [0, 0.1) is 18.3 Å². The molecule has 2 aromatic rings. The van der Waals surface area contributed by atoms with Gasteiger partial charge in [-0.25, -0.2) is 8.42 Å². The lowest BCUT2D eigenvalue weighted by molar-refractivity contribution is 0.602. The summed E-state index contributed by atoms with van der Waals surface area (Å²) in [5.41, 5.74) is 4.08. The van der Waals surface area contributed by atoms with Crippen molar-refractivity contribution < 1.29 is 8.42 Å². The van der Waals surface area contributed by atoms with Crippen molar-refractivity contribution in [2.75, 3.05) is 6.26 Å². The monoisotopic (exact) mass is 285 g/mol. The van der Waals surface area contributed by atoms with Crippen molar-refractivity contribution in [1.82, 2.24) is 0 Å². The zero-order valence-corrected chi connectivity index (χ0v) is 12.2. The number of sulfone groups is 1. The van der Waals surface area contributed by atoms with Crippen molar-refractivity contribution in [3.8, 4) is 17.2 Å². The molecular weight excluding hydrogens is 270 g/mol. The van der Waals surface area contributed by atoms with Crippen molar-refractivity contribution >= 4 is 9.84 Å². The van der Waals surface area contributed by atoms with Crippen LogP contribution in [0.25, 0.3) is 11.1 Å². The molecule has 0 atom stereocenters. The van der Waals surface area contributed by atoms with Crippen LogP contribution in [0.15, 0.2) is 47.4 Å². The van der Waals surface area contributed by atoms with Crippen LogP contribution in [-0.4, -0.2) is 14.7 Å². The Morgan fingerprint density at radius 1 is 1.10 bits per heavy atom. The zero-order chi connectivity index (χ0) is 14.8. The minimum absolute atomic E-state index is 0.319. The first-order valence-electron chi connectivity index (χ1n) is 6.19. The molecule has 0 amide bonds. The quantitative estimate of drug-likeness (QED) is 0.870. The highest BCUT2D eigenvalue weighted by atomic mass is 32.2. The van der Waals surface area contributed by atoms with E-state index in [-0.39, 0.29) is 0 Å². The summed E-state index contributed by atoms with van der Waals surface area (Å²) < 4.78 is 22.9. The molecule has 0 N–H and O–H groups in total. The molecule has 0 spiro atoms. The molecule has 0 saturated heterocycles. The topological polar surface area (TPSA) is 57.9 Å². The molecule has 4 heteroatoms. The van der Waals surface area contributed by atoms with Crippen LogP contribution in [0.2, 0.25) is 0 Å². The average Bonchev–Trinajstić information content (AvgIpc) is 2.38. The van der Waals surface area contributed by atoms with Crippen LogP contribution >= 0.6 is 0 Å². The third-order valence-electron chi connectivity index (χ3n) is 3.17. The first-order valence-corrected chi connectivity index (χ1v) is 8.08. The van der Waals surface area contributed by atoms with Crippen LogP contribution in [0.3, 0.4) is 0 Å². The van der Waals surface area contributed by atoms with E-state index >= 15 is 0 Å². The van der Waals surface area contributed by atoms with Crippen LogP contribution in [0.1, 0.15) is 11.1 Å². The second-order valence-electron chi connectivity index (χ2n) is 4.78. The summed E-state index contributed by atoms with van der Waals surface area (Å²) >= 11 is 0. The summed E-state index contributed by atoms with van der Waals surface area (Å²) in [7, 11) is -3.16. The fourth-order valence-corrected chi connectivity index (χ4v) is 2.76. The van der Waals surface area contributed by atoms with E-state index in [9.17, 15) is 8.42 Å². The van der Waals surface area contributed by atoms with E-state index in [1.165, 1.54) is 6.26 Å². The van der Waals surface area contributed by atoms with Crippen LogP contribution in [0.4, 0.5) is 0 Å². The van der Waals surface area contributed by atoms with Gasteiger partial charge < -0.3 is 0 Å². The molecule has 0 saturated carbocycles. The third-order valence-corrected chi connectivity index (χ3v) is 4.30. The maximum absolute atomic E-state index is 11.4. The maximum Gasteiger partial charge on any atom is 0.175 e. The molecule has 0 aromatic heterocycles. The van der Waals surface area contributed by atoms with Gasteiger partial charge in [0, 0.05) is 6.26 Å². The third kappa shape index (κ3) is 3.06. The second-order valence-corrected chi connectivity index (χ2v) is 6.80. The number of rotatable bonds is 3. The Labute approximate surface area is 119 Å². The lowest BCUT2D eigenvalue weighted by Crippen LogP contribution is -1.96. The Hall–Kier alpha value is -2.12. The largest absolute Gasteiger partial charge is 0.224 e. The number of nitrogens with zero attached hydrogens (tertiary/aromatic N) is 1. The van der Waals surface area contributed by atoms with Crippen molar-refractivity contribution in [1.29, 1.82) is 5.26 Å². The molecule has 2 rings (SSSR count). The van der Waals surface area contributed by atoms with Crippen molar-refractivity contribution in [2.24, 2.45) is 0 Å². The Bertz CT molecular complexity index is 769. The Kier molecular flexibility index (Phi) is 3.91. The van der Waals surface area contributed by atoms with Gasteiger partial charge in [-0.05, 0) is 41.3 Å². The van der Waals surface area contributed by atoms with E-state index in [4.69, 9.17) is 5.26 Å². The summed E-state index contributed by atoms with van der Waals surface area (Å²) in [5, 5.41) is 8.70. The van der Waals surface area contributed by atoms with Gasteiger partial charge >= 0.3 is 0 Å². The van der Waals surface area contributed by atoms with Crippen molar-refractivity contribution in [2.45, 2.75) is 18.2 Å². The maximum atomic E-state index is 11.4. The fraction of sp³-hybridized carbons (Fsp3) is 0.188. The van der Waals surface area contributed by atoms with E-state index in [0.29, 0.717) is 11.3 Å². The van der Waals surface area contributed by atoms with Gasteiger partial charge in [0.2, 0.25) is 0 Å². The van der Waals surface area contributed by atoms with Gasteiger partial charge in [-0.3, -0.25) is 0 Å². The molecular formula is C16H15NO2S. The van der Waals surface area contributed by atoms with Gasteiger partial charge in [-0.2, -0.15) is 5.26 Å². The van der Waals surface area contributed by atoms with Gasteiger partial charge in [0.1, 0.15) is 0 Å². The zero-order valence-electron chi connectivity index (χ0n) is 11.4. The Morgan fingerprint density at radius 2 is 1.75 bits per heavy atom. The minimum atomic E-state index is -3.16. The molecule has 0 aliphatic rings. The van der Waals surface area contributed by atoms with Crippen molar-refractivity contribution in [3.63, 3.8) is 0 Å². The smallest absolute Gasteiger partial charge is 0.175 e. The lowest BCUT2D eigenvalue weighted by Gasteiger charge is -2.08. The molecule has 0 fully saturated rings. The first kappa shape index (κ1) is 14.3. The van der Waals surface area contributed by atoms with E-state index in [0.717, 1.165) is 22.3 Å². The molecule has 0 aliphatic heterocycles. The predicted molar refractivity (Wildman–Crippen MR) is 79.0 cm³/mol. The van der Waals surface area contributed by atoms with Gasteiger partial charge in [0.05, 0.1) is 17.4 Å². The first-order chi connectivity index (χ1) is 9.41. The highest BCUT2D eigenvalue weighted by Crippen LogP contribution is 2.25. The molecule has 0 heterocycles. The van der Waals surface area contributed by atoms with E-state index in [2.05, 4.69) is 6.07 Å². The van der Waals surface area contributed by atoms with Crippen molar-refractivity contribution in [3.05, 3.63) is 53.6 Å². The highest BCUT2D eigenvalue weighted by molar-refractivity contribution is 7.90. The highest BCUT2D eigenvalue weighted by Gasteiger charge is 2.08. The molecule has 2 aromatic carbocycles. The average molecular weight is 285 g/mol. The molecule has 0 unspecified atom stereocenters. The molecule has 102 valence electrons. The van der Waals surface area contributed by atoms with E-state index < -0.39 is 9.84 Å². The van der Waals surface area contributed by atoms with Crippen LogP contribution < -0.4 is 0 Å². The summed E-state index contributed by atoms with van der Waals surface area (Å²) in [6.07, 6.45) is 1.60. The summed E-state index contributed by atoms with van der Waals surface area (Å²) in [6.45, 7) is 1.99. The number of nitriles is 1. The number of hydrogen-bond donors (Lipinski definition) is 0. The van der Waals surface area contributed by atoms with E-state index in [1.807, 2.05) is 37.3 Å². The van der Waals surface area contributed by atoms with E-state index in [1.54, 1.807) is 12.1 Å². The standard InChI is InChI=1S/C16H15NO2S/c1-12-11-13(9-10-17)3-8-16(12)14-4-6-15(7-5-14)20(2,18)19/h3-8,11H,9H2,1-2H3. The molecule has 0 aliphatic carbocycles. The number of benzene rings is 2. The summed E-state index contributed by atoms with van der Waals surface area (Å²) in [5.74, 6) is 0. The molecule has 0 radical (unpaired) electrons. The van der Waals surface area contributed by atoms with Gasteiger partial charge in [0.25, 0.3) is 0 Å². The summed E-state index contributed by atoms with van der Waals surface area (Å²) in [4.78, 5) is 0.319. The van der Waals surface area contributed by atoms with Gasteiger partial charge in [0.15, 0.2) is 9.84 Å². The Balaban J connectivity index is 2.40. The van der Waals surface area contributed by atoms with Gasteiger partial charge in [-0.1, -0.05) is 30.3 Å². The molecule has 20 heavy (non-hydrogen) atoms. The SMILES string of the molecule is Cc1cc(CC#N)ccc1-c1ccc(S(C)(=O)=O)cc1. The minimum Gasteiger partial charge on any atom is -0.224 e. The van der Waals surface area contributed by atoms with Crippen LogP contribution in [-0.2, 0) is 16.3 Å². The Morgan fingerprint density at radius 3 is 2.25 bits per heavy atom. The lowest BCUT2D eigenvalue weighted by atomic mass is 9.98. The summed E-state index contributed by atoms with van der Waals surface area (Å²) in [6, 6.07) is 14.9. The number of hydrogen-bond acceptors (Lipinski definition) is 3.